The Morgan fingerprint density at radius 1 is 1.11 bits per heavy atom. The molecule has 28 heavy (non-hydrogen) atoms. The summed E-state index contributed by atoms with van der Waals surface area (Å²) in [4.78, 5) is 28.8. The van der Waals surface area contributed by atoms with Crippen LogP contribution in [0.4, 0.5) is 13.2 Å². The number of carbonyl (C=O) groups is 2. The smallest absolute Gasteiger partial charge is 0.342 e. The van der Waals surface area contributed by atoms with Gasteiger partial charge in [-0.1, -0.05) is 6.92 Å². The third-order valence-electron chi connectivity index (χ3n) is 5.95. The van der Waals surface area contributed by atoms with Crippen molar-refractivity contribution in [3.05, 3.63) is 35.4 Å². The van der Waals surface area contributed by atoms with Crippen LogP contribution in [0.2, 0.25) is 0 Å². The molecule has 2 fully saturated rings. The highest BCUT2D eigenvalue weighted by molar-refractivity contribution is 5.94. The van der Waals surface area contributed by atoms with E-state index in [2.05, 4.69) is 6.92 Å². The lowest BCUT2D eigenvalue weighted by molar-refractivity contribution is -0.137. The highest BCUT2D eigenvalue weighted by atomic mass is 19.4. The lowest BCUT2D eigenvalue weighted by atomic mass is 9.90. The molecule has 0 radical (unpaired) electrons. The van der Waals surface area contributed by atoms with Crippen molar-refractivity contribution in [3.63, 3.8) is 0 Å². The van der Waals surface area contributed by atoms with Gasteiger partial charge in [0.1, 0.15) is 0 Å². The lowest BCUT2D eigenvalue weighted by Gasteiger charge is -2.33. The Morgan fingerprint density at radius 2 is 1.71 bits per heavy atom. The molecule has 5 nitrogen and oxygen atoms in total. The minimum Gasteiger partial charge on any atom is -0.342 e. The predicted molar refractivity (Wildman–Crippen MR) is 98.4 cm³/mol. The molecule has 0 aromatic heterocycles. The van der Waals surface area contributed by atoms with Crippen molar-refractivity contribution in [2.75, 3.05) is 32.7 Å². The fraction of sp³-hybridized carbons (Fsp3) is 0.600. The molecule has 1 aromatic carbocycles. The van der Waals surface area contributed by atoms with E-state index in [1.807, 2.05) is 4.90 Å². The van der Waals surface area contributed by atoms with E-state index in [1.165, 1.54) is 12.1 Å². The molecule has 1 unspecified atom stereocenters. The van der Waals surface area contributed by atoms with Crippen LogP contribution < -0.4 is 5.73 Å². The third-order valence-corrected chi connectivity index (χ3v) is 5.95. The largest absolute Gasteiger partial charge is 0.416 e. The van der Waals surface area contributed by atoms with Crippen molar-refractivity contribution in [1.29, 1.82) is 0 Å². The number of likely N-dealkylation sites (tertiary alicyclic amines) is 2. The van der Waals surface area contributed by atoms with Crippen LogP contribution in [0.25, 0.3) is 0 Å². The molecule has 0 bridgehead atoms. The van der Waals surface area contributed by atoms with Gasteiger partial charge in [0.15, 0.2) is 0 Å². The van der Waals surface area contributed by atoms with Gasteiger partial charge in [-0.15, -0.1) is 0 Å². The van der Waals surface area contributed by atoms with Gasteiger partial charge in [0.2, 0.25) is 5.91 Å². The first-order valence-corrected chi connectivity index (χ1v) is 9.58. The summed E-state index contributed by atoms with van der Waals surface area (Å²) < 4.78 is 38.0. The van der Waals surface area contributed by atoms with Crippen LogP contribution >= 0.6 is 0 Å². The molecule has 2 saturated heterocycles. The number of amides is 2. The third kappa shape index (κ3) is 4.32. The minimum atomic E-state index is -4.42. The predicted octanol–water partition coefficient (Wildman–Crippen LogP) is 2.75. The first-order valence-electron chi connectivity index (χ1n) is 9.58. The van der Waals surface area contributed by atoms with Gasteiger partial charge in [0.05, 0.1) is 5.56 Å². The monoisotopic (exact) mass is 397 g/mol. The minimum absolute atomic E-state index is 0.0189. The summed E-state index contributed by atoms with van der Waals surface area (Å²) in [5.74, 6) is -0.285. The highest BCUT2D eigenvalue weighted by Crippen LogP contribution is 2.32. The van der Waals surface area contributed by atoms with Crippen molar-refractivity contribution < 1.29 is 22.8 Å². The SMILES string of the molecule is CC1(CN)CCN(C(=O)C2CCN(C(=O)c3ccc(C(F)(F)F)cc3)CC2)C1. The molecule has 1 aromatic rings. The summed E-state index contributed by atoms with van der Waals surface area (Å²) in [6.07, 6.45) is -2.38. The first-order chi connectivity index (χ1) is 13.1. The zero-order valence-electron chi connectivity index (χ0n) is 16.0. The Hall–Kier alpha value is -2.09. The standard InChI is InChI=1S/C20H26F3N3O2/c1-19(12-24)8-11-26(13-19)18(28)15-6-9-25(10-7-15)17(27)14-2-4-16(5-3-14)20(21,22)23/h2-5,15H,6-13,24H2,1H3. The number of hydrogen-bond donors (Lipinski definition) is 1. The number of carbonyl (C=O) groups excluding carboxylic acids is 2. The molecule has 0 saturated carbocycles. The topological polar surface area (TPSA) is 66.6 Å². The second kappa shape index (κ2) is 7.73. The molecular formula is C20H26F3N3O2. The van der Waals surface area contributed by atoms with E-state index < -0.39 is 11.7 Å². The lowest BCUT2D eigenvalue weighted by Crippen LogP contribution is -2.44. The van der Waals surface area contributed by atoms with Crippen LogP contribution in [0, 0.1) is 11.3 Å². The van der Waals surface area contributed by atoms with E-state index in [-0.39, 0.29) is 28.7 Å². The summed E-state index contributed by atoms with van der Waals surface area (Å²) in [7, 11) is 0. The van der Waals surface area contributed by atoms with E-state index in [1.54, 1.807) is 4.90 Å². The normalized spacial score (nSPS) is 23.9. The second-order valence-corrected chi connectivity index (χ2v) is 8.17. The van der Waals surface area contributed by atoms with Gasteiger partial charge < -0.3 is 15.5 Å². The zero-order chi connectivity index (χ0) is 20.5. The number of halogens is 3. The van der Waals surface area contributed by atoms with E-state index in [4.69, 9.17) is 5.73 Å². The molecular weight excluding hydrogens is 371 g/mol. The van der Waals surface area contributed by atoms with Gasteiger partial charge in [-0.05, 0) is 55.5 Å². The number of benzene rings is 1. The average molecular weight is 397 g/mol. The molecule has 0 spiro atoms. The number of nitrogens with zero attached hydrogens (tertiary/aromatic N) is 2. The Labute approximate surface area is 162 Å². The molecule has 154 valence electrons. The summed E-state index contributed by atoms with van der Waals surface area (Å²) in [6.45, 7) is 4.89. The van der Waals surface area contributed by atoms with Crippen LogP contribution in [0.5, 0.6) is 0 Å². The van der Waals surface area contributed by atoms with Gasteiger partial charge in [-0.2, -0.15) is 13.2 Å². The summed E-state index contributed by atoms with van der Waals surface area (Å²) in [5.41, 5.74) is 5.24. The molecule has 2 amide bonds. The van der Waals surface area contributed by atoms with Gasteiger partial charge in [0, 0.05) is 37.7 Å². The van der Waals surface area contributed by atoms with E-state index >= 15 is 0 Å². The average Bonchev–Trinajstić information content (AvgIpc) is 3.09. The maximum absolute atomic E-state index is 12.8. The van der Waals surface area contributed by atoms with Crippen molar-refractivity contribution in [2.45, 2.75) is 32.4 Å². The molecule has 1 atom stereocenters. The number of hydrogen-bond acceptors (Lipinski definition) is 3. The molecule has 2 aliphatic heterocycles. The van der Waals surface area contributed by atoms with Gasteiger partial charge in [-0.25, -0.2) is 0 Å². The van der Waals surface area contributed by atoms with Gasteiger partial charge >= 0.3 is 6.18 Å². The van der Waals surface area contributed by atoms with Crippen molar-refractivity contribution in [3.8, 4) is 0 Å². The van der Waals surface area contributed by atoms with E-state index in [0.717, 1.165) is 25.1 Å². The highest BCUT2D eigenvalue weighted by Gasteiger charge is 2.38. The number of nitrogens with two attached hydrogens (primary N) is 1. The van der Waals surface area contributed by atoms with Gasteiger partial charge in [0.25, 0.3) is 5.91 Å². The summed E-state index contributed by atoms with van der Waals surface area (Å²) >= 11 is 0. The Morgan fingerprint density at radius 3 is 2.21 bits per heavy atom. The maximum Gasteiger partial charge on any atom is 0.416 e. The van der Waals surface area contributed by atoms with Crippen molar-refractivity contribution in [1.82, 2.24) is 9.80 Å². The maximum atomic E-state index is 12.8. The van der Waals surface area contributed by atoms with E-state index in [9.17, 15) is 22.8 Å². The molecule has 2 aliphatic rings. The fourth-order valence-electron chi connectivity index (χ4n) is 3.95. The van der Waals surface area contributed by atoms with E-state index in [0.29, 0.717) is 39.0 Å². The summed E-state index contributed by atoms with van der Waals surface area (Å²) in [6, 6.07) is 4.26. The fourth-order valence-corrected chi connectivity index (χ4v) is 3.95. The Kier molecular flexibility index (Phi) is 5.70. The van der Waals surface area contributed by atoms with Crippen LogP contribution in [-0.4, -0.2) is 54.3 Å². The molecule has 3 rings (SSSR count). The van der Waals surface area contributed by atoms with Crippen molar-refractivity contribution >= 4 is 11.8 Å². The Balaban J connectivity index is 1.55. The molecule has 2 N–H and O–H groups in total. The van der Waals surface area contributed by atoms with Crippen LogP contribution in [0.15, 0.2) is 24.3 Å². The number of rotatable bonds is 3. The Bertz CT molecular complexity index is 727. The second-order valence-electron chi connectivity index (χ2n) is 8.17. The van der Waals surface area contributed by atoms with Crippen molar-refractivity contribution in [2.24, 2.45) is 17.1 Å². The van der Waals surface area contributed by atoms with Crippen LogP contribution in [-0.2, 0) is 11.0 Å². The molecule has 2 heterocycles. The molecule has 8 heteroatoms. The first kappa shape index (κ1) is 20.6. The quantitative estimate of drug-likeness (QED) is 0.853. The van der Waals surface area contributed by atoms with Crippen LogP contribution in [0.1, 0.15) is 42.1 Å². The van der Waals surface area contributed by atoms with Crippen LogP contribution in [0.3, 0.4) is 0 Å². The number of alkyl halides is 3. The van der Waals surface area contributed by atoms with Gasteiger partial charge in [-0.3, -0.25) is 9.59 Å². The molecule has 0 aliphatic carbocycles. The zero-order valence-corrected chi connectivity index (χ0v) is 16.0. The number of piperidine rings is 1. The summed E-state index contributed by atoms with van der Waals surface area (Å²) in [5, 5.41) is 0.